The Hall–Kier alpha value is -2.69. The average Bonchev–Trinajstić information content (AvgIpc) is 2.74. The summed E-state index contributed by atoms with van der Waals surface area (Å²) < 4.78 is 11.6. The van der Waals surface area contributed by atoms with Crippen molar-refractivity contribution >= 4 is 0 Å². The quantitative estimate of drug-likeness (QED) is 0.717. The number of nitrogens with zero attached hydrogens (tertiary/aromatic N) is 1. The molecule has 3 aromatic rings. The fraction of sp³-hybridized carbons (Fsp3) is 0.261. The van der Waals surface area contributed by atoms with E-state index >= 15 is 0 Å². The first kappa shape index (κ1) is 17.7. The Bertz CT molecular complexity index is 882. The molecule has 0 spiro atoms. The lowest BCUT2D eigenvalue weighted by molar-refractivity contribution is 0.0404. The number of benzene rings is 2. The van der Waals surface area contributed by atoms with E-state index in [1.54, 1.807) is 13.3 Å². The summed E-state index contributed by atoms with van der Waals surface area (Å²) in [5, 5.41) is 3.55. The lowest BCUT2D eigenvalue weighted by atomic mass is 9.96. The first-order chi connectivity index (χ1) is 13.3. The van der Waals surface area contributed by atoms with Crippen LogP contribution in [0.4, 0.5) is 0 Å². The normalized spacial score (nSPS) is 16.0. The molecule has 0 bridgehead atoms. The summed E-state index contributed by atoms with van der Waals surface area (Å²) in [5.41, 5.74) is 6.07. The summed E-state index contributed by atoms with van der Waals surface area (Å²) in [6, 6.07) is 18.8. The van der Waals surface area contributed by atoms with E-state index in [1.807, 2.05) is 18.3 Å². The van der Waals surface area contributed by atoms with E-state index < -0.39 is 0 Å². The van der Waals surface area contributed by atoms with Gasteiger partial charge in [0.15, 0.2) is 0 Å². The van der Waals surface area contributed by atoms with Gasteiger partial charge in [0, 0.05) is 31.0 Å². The van der Waals surface area contributed by atoms with Crippen molar-refractivity contribution in [1.82, 2.24) is 10.3 Å². The molecule has 2 heterocycles. The van der Waals surface area contributed by atoms with Gasteiger partial charge in [-0.1, -0.05) is 36.4 Å². The summed E-state index contributed by atoms with van der Waals surface area (Å²) >= 11 is 0. The third-order valence-electron chi connectivity index (χ3n) is 4.97. The predicted molar refractivity (Wildman–Crippen MR) is 107 cm³/mol. The van der Waals surface area contributed by atoms with Crippen molar-refractivity contribution < 1.29 is 9.47 Å². The highest BCUT2D eigenvalue weighted by molar-refractivity contribution is 5.62. The van der Waals surface area contributed by atoms with Crippen molar-refractivity contribution in [2.24, 2.45) is 0 Å². The molecule has 1 aliphatic rings. The Morgan fingerprint density at radius 2 is 2.00 bits per heavy atom. The zero-order valence-corrected chi connectivity index (χ0v) is 15.5. The van der Waals surface area contributed by atoms with Gasteiger partial charge in [0.25, 0.3) is 0 Å². The number of nitrogens with one attached hydrogen (secondary N) is 1. The molecule has 0 saturated carbocycles. The van der Waals surface area contributed by atoms with Crippen molar-refractivity contribution in [3.63, 3.8) is 0 Å². The van der Waals surface area contributed by atoms with Crippen LogP contribution in [0.2, 0.25) is 0 Å². The van der Waals surface area contributed by atoms with Crippen molar-refractivity contribution in [2.75, 3.05) is 20.3 Å². The second-order valence-electron chi connectivity index (χ2n) is 6.72. The predicted octanol–water partition coefficient (Wildman–Crippen LogP) is 4.16. The van der Waals surface area contributed by atoms with Crippen LogP contribution < -0.4 is 10.1 Å². The van der Waals surface area contributed by atoms with Crippen LogP contribution in [-0.2, 0) is 17.7 Å². The first-order valence-corrected chi connectivity index (χ1v) is 9.32. The average molecular weight is 360 g/mol. The maximum atomic E-state index is 6.03. The summed E-state index contributed by atoms with van der Waals surface area (Å²) in [6.45, 7) is 2.30. The molecule has 1 N–H and O–H groups in total. The van der Waals surface area contributed by atoms with Gasteiger partial charge in [0.2, 0.25) is 0 Å². The maximum Gasteiger partial charge on any atom is 0.124 e. The third kappa shape index (κ3) is 4.02. The van der Waals surface area contributed by atoms with E-state index in [0.29, 0.717) is 0 Å². The number of fused-ring (bicyclic) bond motifs is 1. The highest BCUT2D eigenvalue weighted by Crippen LogP contribution is 2.34. The van der Waals surface area contributed by atoms with Gasteiger partial charge >= 0.3 is 0 Å². The second-order valence-corrected chi connectivity index (χ2v) is 6.72. The smallest absolute Gasteiger partial charge is 0.124 e. The molecule has 0 aliphatic carbocycles. The Morgan fingerprint density at radius 1 is 1.11 bits per heavy atom. The van der Waals surface area contributed by atoms with E-state index in [2.05, 4.69) is 52.8 Å². The molecule has 4 heteroatoms. The van der Waals surface area contributed by atoms with Crippen LogP contribution in [0.1, 0.15) is 22.8 Å². The molecule has 27 heavy (non-hydrogen) atoms. The molecule has 0 fully saturated rings. The van der Waals surface area contributed by atoms with E-state index in [1.165, 1.54) is 22.3 Å². The Morgan fingerprint density at radius 3 is 2.85 bits per heavy atom. The summed E-state index contributed by atoms with van der Waals surface area (Å²) in [7, 11) is 1.72. The van der Waals surface area contributed by atoms with Crippen LogP contribution in [-0.4, -0.2) is 25.2 Å². The summed E-state index contributed by atoms with van der Waals surface area (Å²) in [6.07, 6.45) is 4.65. The molecule has 4 nitrogen and oxygen atoms in total. The SMILES string of the molecule is COc1cccc2c1C(CNCc1cccc(-c3cccnc3)c1)OCC2. The molecule has 1 aliphatic heterocycles. The third-order valence-corrected chi connectivity index (χ3v) is 4.97. The van der Waals surface area contributed by atoms with E-state index in [4.69, 9.17) is 9.47 Å². The highest BCUT2D eigenvalue weighted by atomic mass is 16.5. The number of pyridine rings is 1. The summed E-state index contributed by atoms with van der Waals surface area (Å²) in [5.74, 6) is 0.914. The van der Waals surface area contributed by atoms with Gasteiger partial charge in [-0.2, -0.15) is 0 Å². The monoisotopic (exact) mass is 360 g/mol. The lowest BCUT2D eigenvalue weighted by Crippen LogP contribution is -2.27. The molecule has 1 aromatic heterocycles. The molecular weight excluding hydrogens is 336 g/mol. The minimum Gasteiger partial charge on any atom is -0.496 e. The van der Waals surface area contributed by atoms with Crippen LogP contribution in [0.3, 0.4) is 0 Å². The molecule has 1 unspecified atom stereocenters. The number of rotatable bonds is 6. The fourth-order valence-corrected chi connectivity index (χ4v) is 3.65. The molecule has 138 valence electrons. The van der Waals surface area contributed by atoms with Gasteiger partial charge < -0.3 is 14.8 Å². The van der Waals surface area contributed by atoms with E-state index in [-0.39, 0.29) is 6.10 Å². The van der Waals surface area contributed by atoms with Crippen LogP contribution >= 0.6 is 0 Å². The van der Waals surface area contributed by atoms with Crippen LogP contribution in [0, 0.1) is 0 Å². The zero-order chi connectivity index (χ0) is 18.5. The number of hydrogen-bond acceptors (Lipinski definition) is 4. The molecule has 0 amide bonds. The van der Waals surface area contributed by atoms with Crippen LogP contribution in [0.15, 0.2) is 67.0 Å². The second kappa shape index (κ2) is 8.33. The maximum absolute atomic E-state index is 6.03. The standard InChI is InChI=1S/C23H24N2O2/c1-26-21-9-3-6-18-10-12-27-22(23(18)21)16-25-14-17-5-2-7-19(13-17)20-8-4-11-24-15-20/h2-9,11,13,15,22,25H,10,12,14,16H2,1H3. The Balaban J connectivity index is 1.43. The molecule has 1 atom stereocenters. The highest BCUT2D eigenvalue weighted by Gasteiger charge is 2.24. The van der Waals surface area contributed by atoms with Crippen molar-refractivity contribution in [3.05, 3.63) is 83.7 Å². The molecule has 0 saturated heterocycles. The van der Waals surface area contributed by atoms with E-state index in [0.717, 1.165) is 37.4 Å². The molecular formula is C23H24N2O2. The van der Waals surface area contributed by atoms with Gasteiger partial charge in [-0.3, -0.25) is 4.98 Å². The minimum absolute atomic E-state index is 0.0198. The number of methoxy groups -OCH3 is 1. The van der Waals surface area contributed by atoms with Crippen molar-refractivity contribution in [2.45, 2.75) is 19.1 Å². The summed E-state index contributed by atoms with van der Waals surface area (Å²) in [4.78, 5) is 4.21. The zero-order valence-electron chi connectivity index (χ0n) is 15.5. The number of hydrogen-bond donors (Lipinski definition) is 1. The molecule has 2 aromatic carbocycles. The molecule has 0 radical (unpaired) electrons. The Kier molecular flexibility index (Phi) is 5.47. The number of aromatic nitrogens is 1. The van der Waals surface area contributed by atoms with Gasteiger partial charge in [-0.15, -0.1) is 0 Å². The van der Waals surface area contributed by atoms with Gasteiger partial charge in [-0.05, 0) is 46.9 Å². The number of ether oxygens (including phenoxy) is 2. The van der Waals surface area contributed by atoms with E-state index in [9.17, 15) is 0 Å². The minimum atomic E-state index is 0.0198. The van der Waals surface area contributed by atoms with Gasteiger partial charge in [0.05, 0.1) is 19.8 Å². The topological polar surface area (TPSA) is 43.4 Å². The van der Waals surface area contributed by atoms with Crippen LogP contribution in [0.5, 0.6) is 5.75 Å². The van der Waals surface area contributed by atoms with Crippen molar-refractivity contribution in [3.8, 4) is 16.9 Å². The largest absolute Gasteiger partial charge is 0.496 e. The molecule has 4 rings (SSSR count). The van der Waals surface area contributed by atoms with Gasteiger partial charge in [-0.25, -0.2) is 0 Å². The van der Waals surface area contributed by atoms with Crippen molar-refractivity contribution in [1.29, 1.82) is 0 Å². The van der Waals surface area contributed by atoms with Gasteiger partial charge in [0.1, 0.15) is 5.75 Å². The fourth-order valence-electron chi connectivity index (χ4n) is 3.65. The Labute approximate surface area is 160 Å². The lowest BCUT2D eigenvalue weighted by Gasteiger charge is -2.28. The van der Waals surface area contributed by atoms with Crippen LogP contribution in [0.25, 0.3) is 11.1 Å². The first-order valence-electron chi connectivity index (χ1n) is 9.32.